The molecule has 5 heterocycles. The second-order valence-electron chi connectivity index (χ2n) is 9.64. The fourth-order valence-corrected chi connectivity index (χ4v) is 4.68. The van der Waals surface area contributed by atoms with E-state index >= 15 is 0 Å². The zero-order valence-corrected chi connectivity index (χ0v) is 21.4. The fourth-order valence-electron chi connectivity index (χ4n) is 4.68. The Kier molecular flexibility index (Phi) is 6.05. The van der Waals surface area contributed by atoms with Gasteiger partial charge in [-0.25, -0.2) is 9.37 Å². The van der Waals surface area contributed by atoms with Gasteiger partial charge in [0.05, 0.1) is 23.1 Å². The minimum atomic E-state index is -0.292. The van der Waals surface area contributed by atoms with Crippen molar-refractivity contribution in [1.29, 1.82) is 0 Å². The van der Waals surface area contributed by atoms with E-state index in [2.05, 4.69) is 40.3 Å². The lowest BCUT2D eigenvalue weighted by molar-refractivity contribution is 0.425. The molecule has 190 valence electrons. The molecule has 0 saturated heterocycles. The van der Waals surface area contributed by atoms with Gasteiger partial charge in [0.25, 0.3) is 0 Å². The maximum absolute atomic E-state index is 14.6. The number of anilines is 1. The molecule has 6 aromatic rings. The third-order valence-electron chi connectivity index (χ3n) is 6.65. The number of nitrogens with one attached hydrogen (secondary N) is 3. The SMILES string of the molecule is Cc1ccncc1-c1cc2c(-c3cc4c(-c5cc(F)cc(NCCN(C)C)c5)ccnc4[nH]3)n[nH]c2cn1. The minimum absolute atomic E-state index is 0.292. The molecular formula is C29H27FN8. The van der Waals surface area contributed by atoms with Crippen molar-refractivity contribution >= 4 is 27.6 Å². The van der Waals surface area contributed by atoms with E-state index in [9.17, 15) is 4.39 Å². The Morgan fingerprint density at radius 2 is 1.84 bits per heavy atom. The van der Waals surface area contributed by atoms with Crippen molar-refractivity contribution in [3.63, 3.8) is 0 Å². The molecule has 0 saturated carbocycles. The van der Waals surface area contributed by atoms with Gasteiger partial charge >= 0.3 is 0 Å². The first-order chi connectivity index (χ1) is 18.5. The number of hydrogen-bond acceptors (Lipinski definition) is 6. The highest BCUT2D eigenvalue weighted by Gasteiger charge is 2.16. The van der Waals surface area contributed by atoms with Gasteiger partial charge in [-0.15, -0.1) is 0 Å². The third kappa shape index (κ3) is 4.48. The quantitative estimate of drug-likeness (QED) is 0.259. The van der Waals surface area contributed by atoms with E-state index < -0.39 is 0 Å². The van der Waals surface area contributed by atoms with Crippen LogP contribution in [-0.4, -0.2) is 62.2 Å². The first-order valence-corrected chi connectivity index (χ1v) is 12.4. The molecule has 0 aliphatic heterocycles. The largest absolute Gasteiger partial charge is 0.384 e. The van der Waals surface area contributed by atoms with Crippen LogP contribution in [-0.2, 0) is 0 Å². The predicted molar refractivity (Wildman–Crippen MR) is 149 cm³/mol. The van der Waals surface area contributed by atoms with Crippen LogP contribution in [0.2, 0.25) is 0 Å². The van der Waals surface area contributed by atoms with Crippen molar-refractivity contribution in [2.75, 3.05) is 32.5 Å². The third-order valence-corrected chi connectivity index (χ3v) is 6.65. The van der Waals surface area contributed by atoms with Crippen molar-refractivity contribution in [3.05, 3.63) is 78.6 Å². The van der Waals surface area contributed by atoms with Gasteiger partial charge in [-0.1, -0.05) is 0 Å². The molecule has 0 unspecified atom stereocenters. The van der Waals surface area contributed by atoms with Crippen LogP contribution in [0.15, 0.2) is 67.3 Å². The average molecular weight is 507 g/mol. The van der Waals surface area contributed by atoms with Gasteiger partial charge in [0, 0.05) is 53.7 Å². The second-order valence-corrected chi connectivity index (χ2v) is 9.64. The van der Waals surface area contributed by atoms with Crippen LogP contribution < -0.4 is 5.32 Å². The Bertz CT molecular complexity index is 1770. The second kappa shape index (κ2) is 9.68. The van der Waals surface area contributed by atoms with E-state index in [0.29, 0.717) is 5.65 Å². The lowest BCUT2D eigenvalue weighted by Crippen LogP contribution is -2.20. The maximum Gasteiger partial charge on any atom is 0.138 e. The molecule has 0 aliphatic carbocycles. The molecule has 0 bridgehead atoms. The molecule has 0 aliphatic rings. The zero-order chi connectivity index (χ0) is 26.2. The van der Waals surface area contributed by atoms with Crippen LogP contribution in [0, 0.1) is 12.7 Å². The van der Waals surface area contributed by atoms with E-state index in [1.807, 2.05) is 57.5 Å². The van der Waals surface area contributed by atoms with Crippen LogP contribution in [0.4, 0.5) is 10.1 Å². The van der Waals surface area contributed by atoms with Crippen molar-refractivity contribution in [3.8, 4) is 33.8 Å². The number of nitrogens with zero attached hydrogens (tertiary/aromatic N) is 5. The fraction of sp³-hybridized carbons (Fsp3) is 0.172. The van der Waals surface area contributed by atoms with Crippen LogP contribution >= 0.6 is 0 Å². The van der Waals surface area contributed by atoms with E-state index in [4.69, 9.17) is 0 Å². The summed E-state index contributed by atoms with van der Waals surface area (Å²) >= 11 is 0. The van der Waals surface area contributed by atoms with Gasteiger partial charge in [-0.2, -0.15) is 5.10 Å². The summed E-state index contributed by atoms with van der Waals surface area (Å²) in [5.74, 6) is -0.292. The molecular weight excluding hydrogens is 479 g/mol. The molecule has 3 N–H and O–H groups in total. The Hall–Kier alpha value is -4.63. The minimum Gasteiger partial charge on any atom is -0.384 e. The number of benzene rings is 1. The lowest BCUT2D eigenvalue weighted by Gasteiger charge is -2.13. The monoisotopic (exact) mass is 506 g/mol. The molecule has 0 spiro atoms. The van der Waals surface area contributed by atoms with E-state index in [1.54, 1.807) is 24.7 Å². The number of likely N-dealkylation sites (N-methyl/N-ethyl adjacent to an activating group) is 1. The first kappa shape index (κ1) is 23.7. The van der Waals surface area contributed by atoms with Gasteiger partial charge in [-0.05, 0) is 80.2 Å². The predicted octanol–water partition coefficient (Wildman–Crippen LogP) is 5.65. The first-order valence-electron chi connectivity index (χ1n) is 12.4. The smallest absolute Gasteiger partial charge is 0.138 e. The number of aromatic nitrogens is 6. The van der Waals surface area contributed by atoms with Crippen LogP contribution in [0.25, 0.3) is 55.7 Å². The molecule has 0 atom stereocenters. The Balaban J connectivity index is 1.41. The topological polar surface area (TPSA) is 98.4 Å². The highest BCUT2D eigenvalue weighted by atomic mass is 19.1. The van der Waals surface area contributed by atoms with Crippen molar-refractivity contribution < 1.29 is 4.39 Å². The molecule has 0 radical (unpaired) electrons. The number of pyridine rings is 3. The lowest BCUT2D eigenvalue weighted by atomic mass is 10.0. The molecule has 6 rings (SSSR count). The Labute approximate surface area is 219 Å². The van der Waals surface area contributed by atoms with Gasteiger partial charge < -0.3 is 15.2 Å². The van der Waals surface area contributed by atoms with Crippen LogP contribution in [0.5, 0.6) is 0 Å². The Morgan fingerprint density at radius 3 is 2.68 bits per heavy atom. The summed E-state index contributed by atoms with van der Waals surface area (Å²) < 4.78 is 14.6. The summed E-state index contributed by atoms with van der Waals surface area (Å²) in [4.78, 5) is 18.9. The highest BCUT2D eigenvalue weighted by molar-refractivity contribution is 6.00. The summed E-state index contributed by atoms with van der Waals surface area (Å²) in [6.45, 7) is 3.61. The summed E-state index contributed by atoms with van der Waals surface area (Å²) in [7, 11) is 4.02. The molecule has 0 fully saturated rings. The van der Waals surface area contributed by atoms with Crippen LogP contribution in [0.1, 0.15) is 5.56 Å². The molecule has 0 amide bonds. The number of fused-ring (bicyclic) bond motifs is 2. The highest BCUT2D eigenvalue weighted by Crippen LogP contribution is 2.35. The van der Waals surface area contributed by atoms with Crippen LogP contribution in [0.3, 0.4) is 0 Å². The summed E-state index contributed by atoms with van der Waals surface area (Å²) in [5.41, 5.74) is 8.42. The number of halogens is 1. The number of H-pyrrole nitrogens is 2. The number of rotatable bonds is 7. The van der Waals surface area contributed by atoms with E-state index in [-0.39, 0.29) is 5.82 Å². The van der Waals surface area contributed by atoms with Gasteiger partial charge in [0.15, 0.2) is 0 Å². The van der Waals surface area contributed by atoms with E-state index in [1.165, 1.54) is 6.07 Å². The number of hydrogen-bond donors (Lipinski definition) is 3. The molecule has 1 aromatic carbocycles. The molecule has 8 nitrogen and oxygen atoms in total. The molecule has 5 aromatic heterocycles. The van der Waals surface area contributed by atoms with Gasteiger partial charge in [0.1, 0.15) is 17.2 Å². The number of aromatic amines is 2. The normalized spacial score (nSPS) is 11.6. The summed E-state index contributed by atoms with van der Waals surface area (Å²) in [5, 5.41) is 12.8. The van der Waals surface area contributed by atoms with E-state index in [0.717, 1.165) is 74.4 Å². The average Bonchev–Trinajstić information content (AvgIpc) is 3.52. The maximum atomic E-state index is 14.6. The van der Waals surface area contributed by atoms with Crippen molar-refractivity contribution in [2.45, 2.75) is 6.92 Å². The van der Waals surface area contributed by atoms with Crippen molar-refractivity contribution in [2.24, 2.45) is 0 Å². The summed E-state index contributed by atoms with van der Waals surface area (Å²) in [6.07, 6.45) is 7.12. The standard InChI is InChI=1S/C29H27FN8/c1-17-4-6-31-15-24(17)25-14-23-27(16-34-25)36-37-28(23)26-13-22-21(5-7-33-29(22)35-26)18-10-19(30)12-20(11-18)32-8-9-38(2)3/h4-7,10-16,32H,8-9H2,1-3H3,(H,33,35)(H,36,37). The summed E-state index contributed by atoms with van der Waals surface area (Å²) in [6, 6.07) is 13.0. The molecule has 9 heteroatoms. The Morgan fingerprint density at radius 1 is 0.947 bits per heavy atom. The van der Waals surface area contributed by atoms with Gasteiger partial charge in [-0.3, -0.25) is 15.1 Å². The zero-order valence-electron chi connectivity index (χ0n) is 21.4. The van der Waals surface area contributed by atoms with Crippen molar-refractivity contribution in [1.82, 2.24) is 35.0 Å². The van der Waals surface area contributed by atoms with Gasteiger partial charge in [0.2, 0.25) is 0 Å². The number of aryl methyl sites for hydroxylation is 1. The molecule has 38 heavy (non-hydrogen) atoms.